The molecule has 2 aromatic heterocycles. The van der Waals surface area contributed by atoms with E-state index >= 15 is 0 Å². The molecule has 32 heavy (non-hydrogen) atoms. The highest BCUT2D eigenvalue weighted by Gasteiger charge is 2.28. The Morgan fingerprint density at radius 1 is 1.25 bits per heavy atom. The van der Waals surface area contributed by atoms with Crippen molar-refractivity contribution in [3.05, 3.63) is 88.9 Å². The maximum atomic E-state index is 13.3. The number of rotatable bonds is 4. The number of ether oxygens (including phenoxy) is 2. The fourth-order valence-electron chi connectivity index (χ4n) is 3.69. The summed E-state index contributed by atoms with van der Waals surface area (Å²) in [5.74, 6) is -0.392. The molecular formula is C24H21N3O5. The summed E-state index contributed by atoms with van der Waals surface area (Å²) >= 11 is 0. The average Bonchev–Trinajstić information content (AvgIpc) is 3.28. The van der Waals surface area contributed by atoms with Crippen LogP contribution in [-0.4, -0.2) is 35.0 Å². The van der Waals surface area contributed by atoms with E-state index in [0.717, 1.165) is 0 Å². The molecule has 2 atom stereocenters. The van der Waals surface area contributed by atoms with E-state index in [1.54, 1.807) is 25.3 Å². The van der Waals surface area contributed by atoms with Gasteiger partial charge in [-0.15, -0.1) is 0 Å². The third-order valence-electron chi connectivity index (χ3n) is 5.36. The molecular weight excluding hydrogens is 410 g/mol. The molecule has 2 aliphatic rings. The van der Waals surface area contributed by atoms with Crippen molar-refractivity contribution >= 4 is 22.6 Å². The van der Waals surface area contributed by atoms with Crippen LogP contribution in [0.25, 0.3) is 11.0 Å². The van der Waals surface area contributed by atoms with Gasteiger partial charge >= 0.3 is 0 Å². The second kappa shape index (κ2) is 8.51. The van der Waals surface area contributed by atoms with Crippen molar-refractivity contribution in [1.82, 2.24) is 10.3 Å². The number of fused-ring (bicyclic) bond motifs is 2. The number of amides is 1. The number of nitrogens with one attached hydrogen (secondary N) is 1. The highest BCUT2D eigenvalue weighted by atomic mass is 16.7. The molecule has 1 aliphatic carbocycles. The minimum atomic E-state index is -0.392. The number of nitrogens with zero attached hydrogens (tertiary/aromatic N) is 2. The standard InChI is InChI=1S/C24H21N3O5/c1-14-22-18(15(12-28)11-25-14)10-19(24(32-22)27-16-5-3-2-4-6-16)23(29)26-17-7-8-20-21(9-17)31-13-30-20/h2-11,20-21,28H,12-13H2,1H3,(H,26,29). The van der Waals surface area contributed by atoms with Gasteiger partial charge in [-0.3, -0.25) is 9.78 Å². The second-order valence-corrected chi connectivity index (χ2v) is 7.50. The first-order chi connectivity index (χ1) is 15.6. The molecule has 5 rings (SSSR count). The number of para-hydroxylation sites is 1. The topological polar surface area (TPSA) is 106 Å². The summed E-state index contributed by atoms with van der Waals surface area (Å²) in [5.41, 5.74) is 3.30. The molecule has 2 unspecified atom stereocenters. The Labute approximate surface area is 183 Å². The van der Waals surface area contributed by atoms with Gasteiger partial charge in [0.15, 0.2) is 5.58 Å². The lowest BCUT2D eigenvalue weighted by molar-refractivity contribution is 0.0503. The molecule has 1 amide bonds. The zero-order chi connectivity index (χ0) is 22.1. The molecule has 0 radical (unpaired) electrons. The molecule has 3 aromatic rings. The fraction of sp³-hybridized carbons (Fsp3) is 0.208. The van der Waals surface area contributed by atoms with Crippen molar-refractivity contribution in [2.75, 3.05) is 6.79 Å². The summed E-state index contributed by atoms with van der Waals surface area (Å²) in [6.07, 6.45) is 6.65. The molecule has 1 saturated heterocycles. The summed E-state index contributed by atoms with van der Waals surface area (Å²) in [7, 11) is 0. The van der Waals surface area contributed by atoms with Gasteiger partial charge in [0.1, 0.15) is 24.6 Å². The molecule has 1 aliphatic heterocycles. The third-order valence-corrected chi connectivity index (χ3v) is 5.36. The molecule has 8 nitrogen and oxygen atoms in total. The minimum Gasteiger partial charge on any atom is -0.436 e. The Balaban J connectivity index is 1.61. The van der Waals surface area contributed by atoms with E-state index in [-0.39, 0.29) is 36.7 Å². The van der Waals surface area contributed by atoms with Crippen LogP contribution in [0, 0.1) is 6.92 Å². The van der Waals surface area contributed by atoms with Gasteiger partial charge in [0, 0.05) is 22.8 Å². The van der Waals surface area contributed by atoms with Gasteiger partial charge in [-0.25, -0.2) is 4.99 Å². The van der Waals surface area contributed by atoms with Crippen LogP contribution >= 0.6 is 0 Å². The van der Waals surface area contributed by atoms with Crippen LogP contribution in [0.5, 0.6) is 0 Å². The number of aryl methyl sites for hydroxylation is 1. The number of benzene rings is 1. The van der Waals surface area contributed by atoms with Crippen LogP contribution in [0.2, 0.25) is 0 Å². The van der Waals surface area contributed by atoms with Crippen LogP contribution in [0.1, 0.15) is 21.6 Å². The van der Waals surface area contributed by atoms with Gasteiger partial charge in [-0.05, 0) is 37.3 Å². The summed E-state index contributed by atoms with van der Waals surface area (Å²) < 4.78 is 17.0. The maximum absolute atomic E-state index is 13.3. The summed E-state index contributed by atoms with van der Waals surface area (Å²) in [4.78, 5) is 22.1. The molecule has 8 heteroatoms. The van der Waals surface area contributed by atoms with Crippen LogP contribution in [-0.2, 0) is 16.1 Å². The average molecular weight is 431 g/mol. The first kappa shape index (κ1) is 20.3. The number of pyridine rings is 1. The molecule has 0 bridgehead atoms. The first-order valence-electron chi connectivity index (χ1n) is 10.2. The van der Waals surface area contributed by atoms with Crippen molar-refractivity contribution in [2.24, 2.45) is 4.99 Å². The van der Waals surface area contributed by atoms with Crippen molar-refractivity contribution in [1.29, 1.82) is 0 Å². The number of allylic oxidation sites excluding steroid dienone is 1. The SMILES string of the molecule is Cc1ncc(CO)c2cc(C(=O)NC3=CC4OCOC4C=C3)c(=Nc3ccccc3)oc12. The quantitative estimate of drug-likeness (QED) is 0.658. The predicted molar refractivity (Wildman–Crippen MR) is 116 cm³/mol. The molecule has 162 valence electrons. The largest absolute Gasteiger partial charge is 0.436 e. The number of hydrogen-bond donors (Lipinski definition) is 2. The van der Waals surface area contributed by atoms with E-state index in [4.69, 9.17) is 13.9 Å². The predicted octanol–water partition coefficient (Wildman–Crippen LogP) is 2.79. The highest BCUT2D eigenvalue weighted by Crippen LogP contribution is 2.23. The number of carbonyl (C=O) groups excluding carboxylic acids is 1. The van der Waals surface area contributed by atoms with Gasteiger partial charge in [-0.2, -0.15) is 0 Å². The molecule has 2 N–H and O–H groups in total. The lowest BCUT2D eigenvalue weighted by Crippen LogP contribution is -2.31. The number of aliphatic hydroxyl groups excluding tert-OH is 1. The Hall–Kier alpha value is -3.59. The number of carbonyl (C=O) groups is 1. The van der Waals surface area contributed by atoms with Gasteiger partial charge in [0.05, 0.1) is 18.0 Å². The Morgan fingerprint density at radius 2 is 2.06 bits per heavy atom. The summed E-state index contributed by atoms with van der Waals surface area (Å²) in [6, 6.07) is 10.9. The van der Waals surface area contributed by atoms with E-state index in [9.17, 15) is 9.90 Å². The van der Waals surface area contributed by atoms with Crippen molar-refractivity contribution < 1.29 is 23.8 Å². The number of aliphatic hydroxyl groups is 1. The lowest BCUT2D eigenvalue weighted by atomic mass is 10.1. The molecule has 3 heterocycles. The van der Waals surface area contributed by atoms with E-state index in [1.807, 2.05) is 42.5 Å². The Morgan fingerprint density at radius 3 is 2.88 bits per heavy atom. The highest BCUT2D eigenvalue weighted by molar-refractivity contribution is 5.98. The van der Waals surface area contributed by atoms with Crippen LogP contribution < -0.4 is 10.9 Å². The first-order valence-corrected chi connectivity index (χ1v) is 10.2. The monoisotopic (exact) mass is 431 g/mol. The van der Waals surface area contributed by atoms with E-state index in [0.29, 0.717) is 33.6 Å². The van der Waals surface area contributed by atoms with Crippen molar-refractivity contribution in [3.8, 4) is 0 Å². The van der Waals surface area contributed by atoms with E-state index in [1.165, 1.54) is 0 Å². The van der Waals surface area contributed by atoms with Gasteiger partial charge in [0.2, 0.25) is 5.55 Å². The van der Waals surface area contributed by atoms with Crippen LogP contribution in [0.3, 0.4) is 0 Å². The molecule has 0 saturated carbocycles. The summed E-state index contributed by atoms with van der Waals surface area (Å²) in [5, 5.41) is 13.3. The minimum absolute atomic E-state index is 0.141. The third kappa shape index (κ3) is 3.87. The molecule has 0 spiro atoms. The summed E-state index contributed by atoms with van der Waals surface area (Å²) in [6.45, 7) is 1.79. The zero-order valence-corrected chi connectivity index (χ0v) is 17.3. The van der Waals surface area contributed by atoms with Gasteiger partial charge in [0.25, 0.3) is 5.91 Å². The van der Waals surface area contributed by atoms with Crippen LogP contribution in [0.15, 0.2) is 75.9 Å². The normalized spacial score (nSPS) is 20.3. The van der Waals surface area contributed by atoms with E-state index in [2.05, 4.69) is 15.3 Å². The second-order valence-electron chi connectivity index (χ2n) is 7.50. The van der Waals surface area contributed by atoms with Gasteiger partial charge in [-0.1, -0.05) is 24.3 Å². The van der Waals surface area contributed by atoms with Crippen molar-refractivity contribution in [3.63, 3.8) is 0 Å². The van der Waals surface area contributed by atoms with Crippen LogP contribution in [0.4, 0.5) is 5.69 Å². The number of hydrogen-bond acceptors (Lipinski definition) is 7. The Kier molecular flexibility index (Phi) is 5.40. The lowest BCUT2D eigenvalue weighted by Gasteiger charge is -2.17. The van der Waals surface area contributed by atoms with E-state index < -0.39 is 5.91 Å². The Bertz CT molecular complexity index is 1310. The smallest absolute Gasteiger partial charge is 0.261 e. The fourth-order valence-corrected chi connectivity index (χ4v) is 3.69. The van der Waals surface area contributed by atoms with Gasteiger partial charge < -0.3 is 24.3 Å². The molecule has 1 aromatic carbocycles. The van der Waals surface area contributed by atoms with Crippen molar-refractivity contribution in [2.45, 2.75) is 25.7 Å². The maximum Gasteiger partial charge on any atom is 0.261 e. The number of aromatic nitrogens is 1. The molecule has 1 fully saturated rings. The zero-order valence-electron chi connectivity index (χ0n) is 17.3.